The number of aliphatic hydroxyl groups excluding tert-OH is 1. The van der Waals surface area contributed by atoms with Crippen LogP contribution in [0.15, 0.2) is 22.8 Å². The first-order chi connectivity index (χ1) is 23.6. The number of aliphatic hydroxyl groups is 4. The molecule has 0 spiro atoms. The Labute approximate surface area is 304 Å². The number of esters is 1. The lowest BCUT2D eigenvalue weighted by atomic mass is 9.53. The highest BCUT2D eigenvalue weighted by molar-refractivity contribution is 5.98. The molecule has 4 rings (SSSR count). The van der Waals surface area contributed by atoms with E-state index in [1.54, 1.807) is 19.9 Å². The van der Waals surface area contributed by atoms with Gasteiger partial charge in [-0.05, 0) is 89.2 Å². The molecule has 1 saturated carbocycles. The zero-order valence-electron chi connectivity index (χ0n) is 32.4. The third kappa shape index (κ3) is 8.61. The lowest BCUT2D eigenvalue weighted by Gasteiger charge is -2.51. The molecule has 51 heavy (non-hydrogen) atoms. The van der Waals surface area contributed by atoms with Gasteiger partial charge in [-0.1, -0.05) is 52.2 Å². The Bertz CT molecular complexity index is 1400. The molecule has 2 fully saturated rings. The molecule has 2 aliphatic heterocycles. The number of carbonyl (C=O) groups excluding carboxylic acids is 4. The number of rotatable bonds is 2. The fourth-order valence-corrected chi connectivity index (χ4v) is 9.46. The average molecular weight is 717 g/mol. The van der Waals surface area contributed by atoms with Gasteiger partial charge in [0.15, 0.2) is 0 Å². The van der Waals surface area contributed by atoms with Gasteiger partial charge in [-0.2, -0.15) is 0 Å². The van der Waals surface area contributed by atoms with E-state index in [1.807, 2.05) is 34.6 Å². The highest BCUT2D eigenvalue weighted by atomic mass is 16.5. The SMILES string of the molecule is COC(=O)[C@]12CC(=O)[C@H](C(C)C)CC(=O)[C@H](C)CCC[C@H](C)CC(=O)[C@H]1C[C@@](C)(O)C1=C2/C=C(\C)CC[C@@H]2O[C@H](CC[C@]2(C)O)[C@@](C)(O)C[C@H]1O. The van der Waals surface area contributed by atoms with Gasteiger partial charge in [0.1, 0.15) is 22.8 Å². The Kier molecular flexibility index (Phi) is 12.7. The maximum absolute atomic E-state index is 14.7. The van der Waals surface area contributed by atoms with Crippen molar-refractivity contribution in [1.29, 1.82) is 0 Å². The number of Topliss-reactive ketones (excluding diaryl/α,β-unsaturated/α-hetero) is 3. The zero-order valence-corrected chi connectivity index (χ0v) is 32.4. The molecule has 0 radical (unpaired) electrons. The van der Waals surface area contributed by atoms with E-state index in [2.05, 4.69) is 0 Å². The maximum Gasteiger partial charge on any atom is 0.317 e. The number of methoxy groups -OCH3 is 1. The van der Waals surface area contributed by atoms with Gasteiger partial charge in [-0.15, -0.1) is 0 Å². The van der Waals surface area contributed by atoms with Crippen LogP contribution in [0.3, 0.4) is 0 Å². The summed E-state index contributed by atoms with van der Waals surface area (Å²) < 4.78 is 11.8. The van der Waals surface area contributed by atoms with Crippen molar-refractivity contribution in [2.75, 3.05) is 7.11 Å². The third-order valence-electron chi connectivity index (χ3n) is 12.8. The van der Waals surface area contributed by atoms with Crippen molar-refractivity contribution < 1.29 is 49.1 Å². The number of ketones is 3. The van der Waals surface area contributed by atoms with Crippen molar-refractivity contribution in [2.24, 2.45) is 35.0 Å². The van der Waals surface area contributed by atoms with E-state index >= 15 is 0 Å². The fourth-order valence-electron chi connectivity index (χ4n) is 9.46. The monoisotopic (exact) mass is 716 g/mol. The van der Waals surface area contributed by atoms with E-state index in [0.717, 1.165) is 12.0 Å². The number of ether oxygens (including phenoxy) is 2. The van der Waals surface area contributed by atoms with Crippen LogP contribution in [-0.4, -0.2) is 86.0 Å². The predicted octanol–water partition coefficient (Wildman–Crippen LogP) is 5.36. The molecular formula is C41H64O10. The molecule has 288 valence electrons. The van der Waals surface area contributed by atoms with Gasteiger partial charge in [0.05, 0.1) is 42.2 Å². The lowest BCUT2D eigenvalue weighted by Crippen LogP contribution is -2.58. The second-order valence-electron chi connectivity index (χ2n) is 17.7. The molecule has 10 heteroatoms. The van der Waals surface area contributed by atoms with E-state index < -0.39 is 64.8 Å². The molecule has 4 N–H and O–H groups in total. The standard InChI is InChI=1S/C41H64O10/c1-23(2)27-19-30(42)26(5)12-10-11-24(3)18-31(43)29-20-40(8,49)36-28(41(29,22-32(27)44)37(46)50-9)17-25(4)13-14-34-38(6,47)16-15-35(51-34)39(7,48)21-33(36)45/h17,23-24,26-27,29,33-35,45,47-49H,10-16,18-22H2,1-9H3/b25-17+/t24-,26+,27-,29+,33+,34-,35+,38-,39-,40+,41-/m0/s1. The summed E-state index contributed by atoms with van der Waals surface area (Å²) in [5.74, 6) is -3.95. The minimum absolute atomic E-state index is 0.00969. The lowest BCUT2D eigenvalue weighted by molar-refractivity contribution is -0.219. The summed E-state index contributed by atoms with van der Waals surface area (Å²) in [5.41, 5.74) is -5.58. The molecule has 0 aromatic heterocycles. The van der Waals surface area contributed by atoms with Crippen molar-refractivity contribution >= 4 is 23.3 Å². The van der Waals surface area contributed by atoms with Crippen molar-refractivity contribution in [3.63, 3.8) is 0 Å². The van der Waals surface area contributed by atoms with Crippen LogP contribution >= 0.6 is 0 Å². The van der Waals surface area contributed by atoms with Gasteiger partial charge in [0, 0.05) is 43.4 Å². The van der Waals surface area contributed by atoms with Crippen LogP contribution in [0.4, 0.5) is 0 Å². The number of fused-ring (bicyclic) bond motifs is 4. The Morgan fingerprint density at radius 2 is 1.55 bits per heavy atom. The van der Waals surface area contributed by atoms with Gasteiger partial charge in [-0.3, -0.25) is 19.2 Å². The minimum atomic E-state index is -1.93. The summed E-state index contributed by atoms with van der Waals surface area (Å²) in [5, 5.41) is 47.7. The first-order valence-electron chi connectivity index (χ1n) is 19.2. The van der Waals surface area contributed by atoms with Crippen molar-refractivity contribution in [2.45, 2.75) is 168 Å². The van der Waals surface area contributed by atoms with Gasteiger partial charge in [0.2, 0.25) is 0 Å². The molecule has 2 aliphatic carbocycles. The number of hydrogen-bond acceptors (Lipinski definition) is 10. The van der Waals surface area contributed by atoms with E-state index in [-0.39, 0.29) is 71.9 Å². The number of carbonyl (C=O) groups is 4. The van der Waals surface area contributed by atoms with E-state index in [1.165, 1.54) is 14.0 Å². The maximum atomic E-state index is 14.7. The molecule has 0 unspecified atom stereocenters. The average Bonchev–Trinajstić information content (AvgIpc) is 3.01. The van der Waals surface area contributed by atoms with Crippen LogP contribution in [0.2, 0.25) is 0 Å². The molecule has 0 aromatic carbocycles. The largest absolute Gasteiger partial charge is 0.468 e. The molecule has 1 saturated heterocycles. The summed E-state index contributed by atoms with van der Waals surface area (Å²) in [6, 6.07) is 0. The molecule has 11 atom stereocenters. The van der Waals surface area contributed by atoms with Crippen molar-refractivity contribution in [1.82, 2.24) is 0 Å². The van der Waals surface area contributed by atoms with Crippen LogP contribution in [0.25, 0.3) is 0 Å². The van der Waals surface area contributed by atoms with Crippen LogP contribution in [0.1, 0.15) is 132 Å². The molecule has 0 amide bonds. The van der Waals surface area contributed by atoms with E-state index in [9.17, 15) is 39.6 Å². The summed E-state index contributed by atoms with van der Waals surface area (Å²) in [4.78, 5) is 57.4. The quantitative estimate of drug-likeness (QED) is 0.273. The zero-order chi connectivity index (χ0) is 38.3. The summed E-state index contributed by atoms with van der Waals surface area (Å²) in [7, 11) is 1.21. The van der Waals surface area contributed by atoms with Crippen molar-refractivity contribution in [3.8, 4) is 0 Å². The highest BCUT2D eigenvalue weighted by Gasteiger charge is 2.61. The second kappa shape index (κ2) is 15.6. The first kappa shape index (κ1) is 41.5. The van der Waals surface area contributed by atoms with Crippen LogP contribution in [0.5, 0.6) is 0 Å². The summed E-state index contributed by atoms with van der Waals surface area (Å²) >= 11 is 0. The predicted molar refractivity (Wildman–Crippen MR) is 192 cm³/mol. The van der Waals surface area contributed by atoms with Crippen LogP contribution in [-0.2, 0) is 28.7 Å². The number of hydrogen-bond donors (Lipinski definition) is 4. The van der Waals surface area contributed by atoms with E-state index in [0.29, 0.717) is 38.5 Å². The van der Waals surface area contributed by atoms with Crippen LogP contribution in [0, 0.1) is 35.0 Å². The van der Waals surface area contributed by atoms with Gasteiger partial charge in [-0.25, -0.2) is 0 Å². The highest BCUT2D eigenvalue weighted by Crippen LogP contribution is 2.56. The van der Waals surface area contributed by atoms with E-state index in [4.69, 9.17) is 9.47 Å². The van der Waals surface area contributed by atoms with Crippen LogP contribution < -0.4 is 0 Å². The molecule has 2 bridgehead atoms. The Morgan fingerprint density at radius 1 is 0.902 bits per heavy atom. The first-order valence-corrected chi connectivity index (χ1v) is 19.2. The van der Waals surface area contributed by atoms with Crippen molar-refractivity contribution in [3.05, 3.63) is 22.8 Å². The Morgan fingerprint density at radius 3 is 2.18 bits per heavy atom. The third-order valence-corrected chi connectivity index (χ3v) is 12.8. The minimum Gasteiger partial charge on any atom is -0.468 e. The van der Waals surface area contributed by atoms with Gasteiger partial charge >= 0.3 is 5.97 Å². The molecule has 2 heterocycles. The Balaban J connectivity index is 2.04. The molecular weight excluding hydrogens is 652 g/mol. The smallest absolute Gasteiger partial charge is 0.317 e. The number of allylic oxidation sites excluding steroid dienone is 2. The molecule has 0 aromatic rings. The molecule has 4 aliphatic rings. The fraction of sp³-hybridized carbons (Fsp3) is 0.805. The Hall–Kier alpha value is -2.24. The summed E-state index contributed by atoms with van der Waals surface area (Å²) in [6.45, 7) is 14.2. The topological polar surface area (TPSA) is 168 Å². The van der Waals surface area contributed by atoms with Gasteiger partial charge < -0.3 is 29.9 Å². The van der Waals surface area contributed by atoms with Gasteiger partial charge in [0.25, 0.3) is 0 Å². The normalized spacial score (nSPS) is 43.5. The molecule has 10 nitrogen and oxygen atoms in total. The second-order valence-corrected chi connectivity index (χ2v) is 17.7. The summed E-state index contributed by atoms with van der Waals surface area (Å²) in [6.07, 6.45) is 1.51.